The second-order valence-electron chi connectivity index (χ2n) is 15.3. The Labute approximate surface area is 289 Å². The first-order valence-electron chi connectivity index (χ1n) is 17.8. The summed E-state index contributed by atoms with van der Waals surface area (Å²) in [5, 5.41) is 16.4. The standard InChI is InChI=1S/C38H42ClF2N5O3/c1-20-19-49-21(2)16-45(20)8-3-9-48-37-43-35-28(36(44-37)46-17-24-5-6-25(18-46)42-24)12-29(39)32(34(35)41)27-11-26(47)10-23-4-7-30(40)33(31(23)27)38-13-22(14-38)15-38/h4,7,10-12,20-22,24-25,42,47H,3,5-6,8-9,13-19H2,1-2H3. The average molecular weight is 690 g/mol. The maximum absolute atomic E-state index is 17.3. The van der Waals surface area contributed by atoms with Gasteiger partial charge in [-0.3, -0.25) is 4.90 Å². The normalized spacial score (nSPS) is 29.3. The molecular formula is C38H42ClF2N5O3. The molecule has 0 radical (unpaired) electrons. The molecule has 6 fully saturated rings. The fourth-order valence-electron chi connectivity index (χ4n) is 9.32. The number of hydrogen-bond donors (Lipinski definition) is 2. The highest BCUT2D eigenvalue weighted by atomic mass is 35.5. The summed E-state index contributed by atoms with van der Waals surface area (Å²) in [5.74, 6) is 0.240. The molecule has 4 aromatic rings. The Morgan fingerprint density at radius 2 is 1.84 bits per heavy atom. The SMILES string of the molecule is CC1CN(CCCOc2nc(N3CC4CCC(C3)N4)c3cc(Cl)c(-c4cc(O)cc5ccc(F)c(C67CC(C6)C7)c45)c(F)c3n2)C(C)CO1. The Morgan fingerprint density at radius 3 is 2.57 bits per heavy atom. The number of anilines is 1. The molecule has 258 valence electrons. The van der Waals surface area contributed by atoms with Gasteiger partial charge in [0.15, 0.2) is 5.82 Å². The van der Waals surface area contributed by atoms with Crippen molar-refractivity contribution in [2.75, 3.05) is 44.3 Å². The summed E-state index contributed by atoms with van der Waals surface area (Å²) in [7, 11) is 0. The van der Waals surface area contributed by atoms with Crippen LogP contribution in [-0.4, -0.2) is 83.6 Å². The van der Waals surface area contributed by atoms with Gasteiger partial charge in [-0.2, -0.15) is 9.97 Å². The Morgan fingerprint density at radius 1 is 1.06 bits per heavy atom. The van der Waals surface area contributed by atoms with E-state index in [0.717, 1.165) is 64.7 Å². The van der Waals surface area contributed by atoms with Gasteiger partial charge in [-0.25, -0.2) is 8.78 Å². The molecule has 8 nitrogen and oxygen atoms in total. The molecule has 3 saturated heterocycles. The molecule has 49 heavy (non-hydrogen) atoms. The van der Waals surface area contributed by atoms with Crippen molar-refractivity contribution in [1.82, 2.24) is 20.2 Å². The van der Waals surface area contributed by atoms with Gasteiger partial charge in [0.1, 0.15) is 22.9 Å². The molecule has 0 spiro atoms. The summed E-state index contributed by atoms with van der Waals surface area (Å²) in [6.45, 7) is 8.52. The van der Waals surface area contributed by atoms with E-state index in [1.165, 1.54) is 12.1 Å². The molecule has 3 aliphatic carbocycles. The van der Waals surface area contributed by atoms with Crippen molar-refractivity contribution in [3.8, 4) is 22.9 Å². The summed E-state index contributed by atoms with van der Waals surface area (Å²) >= 11 is 7.03. The Kier molecular flexibility index (Phi) is 7.68. The number of aromatic nitrogens is 2. The fourth-order valence-corrected chi connectivity index (χ4v) is 9.62. The van der Waals surface area contributed by atoms with Crippen LogP contribution in [0.1, 0.15) is 57.9 Å². The highest BCUT2D eigenvalue weighted by Gasteiger charge is 2.59. The van der Waals surface area contributed by atoms with Gasteiger partial charge < -0.3 is 24.8 Å². The molecule has 4 heterocycles. The predicted molar refractivity (Wildman–Crippen MR) is 187 cm³/mol. The van der Waals surface area contributed by atoms with Crippen molar-refractivity contribution in [2.45, 2.75) is 82.0 Å². The molecule has 3 aliphatic heterocycles. The number of nitrogens with zero attached hydrogens (tertiary/aromatic N) is 4. The van der Waals surface area contributed by atoms with Crippen LogP contribution in [0.25, 0.3) is 32.8 Å². The van der Waals surface area contributed by atoms with E-state index in [2.05, 4.69) is 33.9 Å². The van der Waals surface area contributed by atoms with Crippen LogP contribution in [0.4, 0.5) is 14.6 Å². The van der Waals surface area contributed by atoms with E-state index in [9.17, 15) is 5.11 Å². The van der Waals surface area contributed by atoms with Crippen molar-refractivity contribution in [2.24, 2.45) is 5.92 Å². The third-order valence-corrected chi connectivity index (χ3v) is 12.1. The maximum atomic E-state index is 17.3. The van der Waals surface area contributed by atoms with Crippen LogP contribution in [0.3, 0.4) is 0 Å². The summed E-state index contributed by atoms with van der Waals surface area (Å²) in [6, 6.07) is 9.07. The number of rotatable bonds is 8. The van der Waals surface area contributed by atoms with E-state index in [1.54, 1.807) is 18.2 Å². The number of aromatic hydroxyl groups is 1. The number of nitrogens with one attached hydrogen (secondary N) is 1. The van der Waals surface area contributed by atoms with E-state index in [-0.39, 0.29) is 45.2 Å². The van der Waals surface area contributed by atoms with E-state index in [1.807, 2.05) is 0 Å². The topological polar surface area (TPSA) is 83.0 Å². The number of hydrogen-bond acceptors (Lipinski definition) is 8. The lowest BCUT2D eigenvalue weighted by atomic mass is 9.42. The Balaban J connectivity index is 1.14. The molecule has 10 rings (SSSR count). The molecule has 11 heteroatoms. The third-order valence-electron chi connectivity index (χ3n) is 11.8. The van der Waals surface area contributed by atoms with Gasteiger partial charge >= 0.3 is 6.01 Å². The van der Waals surface area contributed by atoms with E-state index < -0.39 is 5.82 Å². The number of ether oxygens (including phenoxy) is 2. The predicted octanol–water partition coefficient (Wildman–Crippen LogP) is 6.96. The zero-order valence-electron chi connectivity index (χ0n) is 27.9. The van der Waals surface area contributed by atoms with Crippen LogP contribution in [-0.2, 0) is 10.2 Å². The fraction of sp³-hybridized carbons (Fsp3) is 0.526. The van der Waals surface area contributed by atoms with Crippen molar-refractivity contribution >= 4 is 39.1 Å². The van der Waals surface area contributed by atoms with Gasteiger partial charge in [-0.05, 0) is 104 Å². The first-order valence-corrected chi connectivity index (χ1v) is 18.2. The minimum Gasteiger partial charge on any atom is -0.508 e. The van der Waals surface area contributed by atoms with Gasteiger partial charge in [0.25, 0.3) is 0 Å². The van der Waals surface area contributed by atoms with Crippen LogP contribution in [0.5, 0.6) is 11.8 Å². The molecule has 0 amide bonds. The Bertz CT molecular complexity index is 1950. The molecule has 3 aromatic carbocycles. The van der Waals surface area contributed by atoms with Gasteiger partial charge in [-0.15, -0.1) is 0 Å². The summed E-state index contributed by atoms with van der Waals surface area (Å²) in [4.78, 5) is 14.1. The lowest BCUT2D eigenvalue weighted by molar-refractivity contribution is -0.0503. The number of phenols is 1. The number of morpholine rings is 1. The minimum absolute atomic E-state index is 0.0408. The zero-order valence-corrected chi connectivity index (χ0v) is 28.7. The van der Waals surface area contributed by atoms with Gasteiger partial charge in [0, 0.05) is 60.8 Å². The largest absolute Gasteiger partial charge is 0.508 e. The molecule has 4 bridgehead atoms. The highest BCUT2D eigenvalue weighted by Crippen LogP contribution is 2.67. The number of halogens is 3. The van der Waals surface area contributed by atoms with Gasteiger partial charge in [-0.1, -0.05) is 17.7 Å². The second-order valence-corrected chi connectivity index (χ2v) is 15.7. The highest BCUT2D eigenvalue weighted by molar-refractivity contribution is 6.35. The van der Waals surface area contributed by atoms with E-state index >= 15 is 8.78 Å². The van der Waals surface area contributed by atoms with Crippen LogP contribution in [0.15, 0.2) is 30.3 Å². The first kappa shape index (κ1) is 31.7. The van der Waals surface area contributed by atoms with Crippen LogP contribution < -0.4 is 15.0 Å². The molecule has 2 N–H and O–H groups in total. The Hall–Kier alpha value is -3.31. The van der Waals surface area contributed by atoms with E-state index in [4.69, 9.17) is 26.1 Å². The molecule has 3 saturated carbocycles. The summed E-state index contributed by atoms with van der Waals surface area (Å²) < 4.78 is 45.0. The lowest BCUT2D eigenvalue weighted by Crippen LogP contribution is -2.55. The van der Waals surface area contributed by atoms with Crippen LogP contribution in [0.2, 0.25) is 5.02 Å². The van der Waals surface area contributed by atoms with Crippen molar-refractivity contribution in [3.05, 3.63) is 52.6 Å². The molecule has 4 atom stereocenters. The second kappa shape index (κ2) is 11.9. The van der Waals surface area contributed by atoms with Crippen molar-refractivity contribution in [1.29, 1.82) is 0 Å². The van der Waals surface area contributed by atoms with Gasteiger partial charge in [0.05, 0.1) is 24.3 Å². The number of piperazine rings is 1. The molecule has 6 aliphatic rings. The minimum atomic E-state index is -0.634. The van der Waals surface area contributed by atoms with Gasteiger partial charge in [0.2, 0.25) is 0 Å². The maximum Gasteiger partial charge on any atom is 0.319 e. The molecule has 1 aromatic heterocycles. The number of benzene rings is 3. The van der Waals surface area contributed by atoms with Crippen molar-refractivity contribution in [3.63, 3.8) is 0 Å². The molecule has 4 unspecified atom stereocenters. The number of phenolic OH excluding ortho intramolecular Hbond substituents is 1. The van der Waals surface area contributed by atoms with Crippen LogP contribution >= 0.6 is 11.6 Å². The lowest BCUT2D eigenvalue weighted by Gasteiger charge is -2.62. The third kappa shape index (κ3) is 5.32. The zero-order chi connectivity index (χ0) is 33.6. The molecular weight excluding hydrogens is 648 g/mol. The van der Waals surface area contributed by atoms with Crippen LogP contribution in [0, 0.1) is 17.6 Å². The monoisotopic (exact) mass is 689 g/mol. The quantitative estimate of drug-likeness (QED) is 0.192. The van der Waals surface area contributed by atoms with Crippen molar-refractivity contribution < 1.29 is 23.4 Å². The number of fused-ring (bicyclic) bond motifs is 4. The van der Waals surface area contributed by atoms with E-state index in [0.29, 0.717) is 70.4 Å². The summed E-state index contributed by atoms with van der Waals surface area (Å²) in [5.41, 5.74) is 0.913. The summed E-state index contributed by atoms with van der Waals surface area (Å²) in [6.07, 6.45) is 5.87. The smallest absolute Gasteiger partial charge is 0.319 e. The first-order chi connectivity index (χ1) is 23.7. The average Bonchev–Trinajstić information content (AvgIpc) is 3.37.